The van der Waals surface area contributed by atoms with Crippen molar-refractivity contribution in [3.05, 3.63) is 47.5 Å². The smallest absolute Gasteiger partial charge is 0.231 e. The number of phenols is 1. The molecule has 7 nitrogen and oxygen atoms in total. The Morgan fingerprint density at radius 3 is 2.93 bits per heavy atom. The molecular formula is C19H21N3O4S. The second-order valence-electron chi connectivity index (χ2n) is 5.81. The summed E-state index contributed by atoms with van der Waals surface area (Å²) >= 11 is 5.19. The maximum absolute atomic E-state index is 10.0. The summed E-state index contributed by atoms with van der Waals surface area (Å²) < 4.78 is 16.1. The molecule has 27 heavy (non-hydrogen) atoms. The molecule has 0 aliphatic carbocycles. The first-order valence-electron chi connectivity index (χ1n) is 8.57. The van der Waals surface area contributed by atoms with Gasteiger partial charge in [0.15, 0.2) is 16.6 Å². The average molecular weight is 387 g/mol. The van der Waals surface area contributed by atoms with E-state index in [-0.39, 0.29) is 12.5 Å². The minimum Gasteiger partial charge on any atom is -0.507 e. The van der Waals surface area contributed by atoms with E-state index in [1.807, 2.05) is 25.1 Å². The van der Waals surface area contributed by atoms with Crippen LogP contribution in [0.15, 0.2) is 41.5 Å². The first-order chi connectivity index (χ1) is 13.2. The Balaban J connectivity index is 1.47. The van der Waals surface area contributed by atoms with Gasteiger partial charge in [-0.2, -0.15) is 5.10 Å². The highest BCUT2D eigenvalue weighted by Crippen LogP contribution is 2.32. The van der Waals surface area contributed by atoms with Crippen molar-refractivity contribution in [3.8, 4) is 23.0 Å². The summed E-state index contributed by atoms with van der Waals surface area (Å²) in [6.07, 6.45) is 2.40. The number of hydrogen-bond donors (Lipinski definition) is 3. The van der Waals surface area contributed by atoms with Crippen LogP contribution in [0.4, 0.5) is 0 Å². The summed E-state index contributed by atoms with van der Waals surface area (Å²) in [7, 11) is 0. The summed E-state index contributed by atoms with van der Waals surface area (Å²) in [5.74, 6) is 2.19. The fourth-order valence-electron chi connectivity index (χ4n) is 2.38. The summed E-state index contributed by atoms with van der Waals surface area (Å²) in [6, 6.07) is 10.8. The molecule has 2 aromatic carbocycles. The van der Waals surface area contributed by atoms with Crippen molar-refractivity contribution in [1.82, 2.24) is 10.7 Å². The number of ether oxygens (including phenoxy) is 3. The van der Waals surface area contributed by atoms with Gasteiger partial charge in [0.1, 0.15) is 11.5 Å². The molecule has 0 unspecified atom stereocenters. The third kappa shape index (κ3) is 5.24. The summed E-state index contributed by atoms with van der Waals surface area (Å²) in [5, 5.41) is 17.5. The van der Waals surface area contributed by atoms with Crippen LogP contribution in [-0.4, -0.2) is 29.8 Å². The molecule has 1 aliphatic heterocycles. The number of benzene rings is 2. The molecule has 0 bridgehead atoms. The zero-order chi connectivity index (χ0) is 19.1. The molecular weight excluding hydrogens is 366 g/mol. The van der Waals surface area contributed by atoms with Crippen LogP contribution >= 0.6 is 12.2 Å². The largest absolute Gasteiger partial charge is 0.507 e. The number of nitrogens with one attached hydrogen (secondary N) is 2. The molecule has 0 radical (unpaired) electrons. The van der Waals surface area contributed by atoms with Crippen LogP contribution in [0.5, 0.6) is 23.0 Å². The highest BCUT2D eigenvalue weighted by molar-refractivity contribution is 7.80. The van der Waals surface area contributed by atoms with Crippen LogP contribution < -0.4 is 25.0 Å². The Morgan fingerprint density at radius 1 is 1.26 bits per heavy atom. The van der Waals surface area contributed by atoms with Crippen LogP contribution in [0.3, 0.4) is 0 Å². The lowest BCUT2D eigenvalue weighted by Crippen LogP contribution is -2.31. The van der Waals surface area contributed by atoms with Gasteiger partial charge in [0.2, 0.25) is 6.79 Å². The van der Waals surface area contributed by atoms with Gasteiger partial charge in [-0.05, 0) is 48.5 Å². The lowest BCUT2D eigenvalue weighted by Gasteiger charge is -2.08. The van der Waals surface area contributed by atoms with Crippen molar-refractivity contribution in [1.29, 1.82) is 0 Å². The predicted molar refractivity (Wildman–Crippen MR) is 107 cm³/mol. The van der Waals surface area contributed by atoms with Gasteiger partial charge in [0, 0.05) is 18.2 Å². The Labute approximate surface area is 162 Å². The van der Waals surface area contributed by atoms with Crippen molar-refractivity contribution < 1.29 is 19.3 Å². The topological polar surface area (TPSA) is 84.3 Å². The Morgan fingerprint density at radius 2 is 2.11 bits per heavy atom. The molecule has 0 saturated heterocycles. The minimum absolute atomic E-state index is 0.0911. The summed E-state index contributed by atoms with van der Waals surface area (Å²) in [6.45, 7) is 3.40. The first-order valence-corrected chi connectivity index (χ1v) is 8.98. The third-order valence-corrected chi connectivity index (χ3v) is 3.97. The fraction of sp³-hybridized carbons (Fsp3) is 0.263. The van der Waals surface area contributed by atoms with Gasteiger partial charge < -0.3 is 24.6 Å². The molecule has 0 saturated carbocycles. The van der Waals surface area contributed by atoms with Gasteiger partial charge in [-0.25, -0.2) is 0 Å². The van der Waals surface area contributed by atoms with Crippen molar-refractivity contribution in [2.45, 2.75) is 19.9 Å². The number of aromatic hydroxyl groups is 1. The van der Waals surface area contributed by atoms with Crippen molar-refractivity contribution in [2.75, 3.05) is 13.4 Å². The molecule has 0 spiro atoms. The second kappa shape index (κ2) is 9.09. The van der Waals surface area contributed by atoms with Crippen molar-refractivity contribution in [2.24, 2.45) is 5.10 Å². The first kappa shape index (κ1) is 18.8. The second-order valence-corrected chi connectivity index (χ2v) is 6.22. The zero-order valence-corrected chi connectivity index (χ0v) is 15.7. The number of hydrogen-bond acceptors (Lipinski definition) is 6. The standard InChI is InChI=1S/C19H21N3O4S/c1-2-7-24-15-5-4-14(16(23)9-15)11-21-22-19(27)20-10-13-3-6-17-18(8-13)26-12-25-17/h3-6,8-9,11,23H,2,7,10,12H2,1H3,(H2,20,22,27)/b21-11+. The minimum atomic E-state index is 0.0911. The van der Waals surface area contributed by atoms with Gasteiger partial charge in [0.05, 0.1) is 12.8 Å². The highest BCUT2D eigenvalue weighted by Gasteiger charge is 2.13. The average Bonchev–Trinajstić information content (AvgIpc) is 3.14. The number of thiocarbonyl (C=S) groups is 1. The van der Waals surface area contributed by atoms with E-state index in [4.69, 9.17) is 26.4 Å². The number of fused-ring (bicyclic) bond motifs is 1. The van der Waals surface area contributed by atoms with Crippen LogP contribution in [0.1, 0.15) is 24.5 Å². The van der Waals surface area contributed by atoms with Crippen molar-refractivity contribution >= 4 is 23.5 Å². The molecule has 0 aromatic heterocycles. The molecule has 1 heterocycles. The number of rotatable bonds is 7. The molecule has 2 aromatic rings. The summed E-state index contributed by atoms with van der Waals surface area (Å²) in [5.41, 5.74) is 4.29. The Hall–Kier alpha value is -3.00. The van der Waals surface area contributed by atoms with Crippen LogP contribution in [-0.2, 0) is 6.54 Å². The molecule has 0 atom stereocenters. The van der Waals surface area contributed by atoms with E-state index < -0.39 is 0 Å². The number of nitrogens with zero attached hydrogens (tertiary/aromatic N) is 1. The normalized spacial score (nSPS) is 12.2. The van der Waals surface area contributed by atoms with Crippen LogP contribution in [0, 0.1) is 0 Å². The monoisotopic (exact) mass is 387 g/mol. The SMILES string of the molecule is CCCOc1ccc(/C=N/NC(=S)NCc2ccc3c(c2)OCO3)c(O)c1. The van der Waals surface area contributed by atoms with E-state index in [2.05, 4.69) is 15.8 Å². The molecule has 3 rings (SSSR count). The van der Waals surface area contributed by atoms with Gasteiger partial charge in [0.25, 0.3) is 0 Å². The summed E-state index contributed by atoms with van der Waals surface area (Å²) in [4.78, 5) is 0. The van der Waals surface area contributed by atoms with E-state index in [0.29, 0.717) is 29.6 Å². The molecule has 3 N–H and O–H groups in total. The lowest BCUT2D eigenvalue weighted by atomic mass is 10.2. The number of hydrazone groups is 1. The maximum atomic E-state index is 10.0. The molecule has 0 fully saturated rings. The van der Waals surface area contributed by atoms with Crippen molar-refractivity contribution in [3.63, 3.8) is 0 Å². The van der Waals surface area contributed by atoms with E-state index >= 15 is 0 Å². The zero-order valence-electron chi connectivity index (χ0n) is 14.9. The van der Waals surface area contributed by atoms with E-state index in [0.717, 1.165) is 23.5 Å². The van der Waals surface area contributed by atoms with Gasteiger partial charge >= 0.3 is 0 Å². The molecule has 142 valence electrons. The van der Waals surface area contributed by atoms with Gasteiger partial charge in [-0.3, -0.25) is 5.43 Å². The quantitative estimate of drug-likeness (QED) is 0.383. The van der Waals surface area contributed by atoms with E-state index in [1.54, 1.807) is 18.2 Å². The van der Waals surface area contributed by atoms with Crippen LogP contribution in [0.2, 0.25) is 0 Å². The van der Waals surface area contributed by atoms with E-state index in [1.165, 1.54) is 6.21 Å². The van der Waals surface area contributed by atoms with Gasteiger partial charge in [-0.1, -0.05) is 13.0 Å². The maximum Gasteiger partial charge on any atom is 0.231 e. The molecule has 0 amide bonds. The van der Waals surface area contributed by atoms with Crippen LogP contribution in [0.25, 0.3) is 0 Å². The molecule has 1 aliphatic rings. The number of phenolic OH excluding ortho intramolecular Hbond substituents is 1. The third-order valence-electron chi connectivity index (χ3n) is 3.73. The lowest BCUT2D eigenvalue weighted by molar-refractivity contribution is 0.174. The Kier molecular flexibility index (Phi) is 6.32. The van der Waals surface area contributed by atoms with E-state index in [9.17, 15) is 5.11 Å². The fourth-order valence-corrected chi connectivity index (χ4v) is 2.50. The molecule has 8 heteroatoms. The van der Waals surface area contributed by atoms with Gasteiger partial charge in [-0.15, -0.1) is 0 Å². The Bertz CT molecular complexity index is 842. The highest BCUT2D eigenvalue weighted by atomic mass is 32.1. The predicted octanol–water partition coefficient (Wildman–Crippen LogP) is 2.91.